The maximum Gasteiger partial charge on any atom is 0.248 e. The van der Waals surface area contributed by atoms with Crippen LogP contribution in [0.25, 0.3) is 0 Å². The van der Waals surface area contributed by atoms with Crippen molar-refractivity contribution in [2.45, 2.75) is 25.1 Å². The first kappa shape index (κ1) is 26.7. The molecule has 0 bridgehead atoms. The van der Waals surface area contributed by atoms with E-state index in [-0.39, 0.29) is 25.7 Å². The summed E-state index contributed by atoms with van der Waals surface area (Å²) in [5.74, 6) is 1.35. The van der Waals surface area contributed by atoms with Crippen LogP contribution in [-0.2, 0) is 22.6 Å². The van der Waals surface area contributed by atoms with Gasteiger partial charge in [-0.1, -0.05) is 30.3 Å². The number of methoxy groups -OCH3 is 1. The van der Waals surface area contributed by atoms with Gasteiger partial charge < -0.3 is 24.2 Å². The third kappa shape index (κ3) is 8.31. The van der Waals surface area contributed by atoms with Crippen molar-refractivity contribution in [1.82, 2.24) is 19.6 Å². The molecule has 1 N–H and O–H groups in total. The Morgan fingerprint density at radius 1 is 1.03 bits per heavy atom. The molecule has 1 amide bonds. The van der Waals surface area contributed by atoms with E-state index in [4.69, 9.17) is 14.2 Å². The molecule has 4 rings (SSSR count). The van der Waals surface area contributed by atoms with Gasteiger partial charge in [0.2, 0.25) is 5.91 Å². The molecule has 1 aliphatic rings. The van der Waals surface area contributed by atoms with Crippen LogP contribution in [0.4, 0.5) is 0 Å². The lowest BCUT2D eigenvalue weighted by atomic mass is 10.0. The first-order chi connectivity index (χ1) is 18.0. The van der Waals surface area contributed by atoms with Gasteiger partial charge in [-0.3, -0.25) is 14.4 Å². The van der Waals surface area contributed by atoms with Crippen LogP contribution in [0, 0.1) is 0 Å². The minimum absolute atomic E-state index is 0.0184. The molecule has 3 aromatic rings. The van der Waals surface area contributed by atoms with Crippen molar-refractivity contribution in [1.29, 1.82) is 0 Å². The molecule has 0 spiro atoms. The van der Waals surface area contributed by atoms with Crippen LogP contribution >= 0.6 is 0 Å². The lowest BCUT2D eigenvalue weighted by Gasteiger charge is -2.33. The number of carbonyl (C=O) groups excluding carboxylic acids is 1. The maximum atomic E-state index is 12.6. The highest BCUT2D eigenvalue weighted by molar-refractivity contribution is 5.77. The number of amides is 1. The number of ether oxygens (including phenoxy) is 3. The Bertz CT molecular complexity index is 1090. The van der Waals surface area contributed by atoms with E-state index < -0.39 is 5.60 Å². The molecule has 37 heavy (non-hydrogen) atoms. The average molecular weight is 509 g/mol. The Labute approximate surface area is 218 Å². The molecule has 0 aliphatic carbocycles. The zero-order valence-electron chi connectivity index (χ0n) is 21.4. The van der Waals surface area contributed by atoms with Gasteiger partial charge in [-0.05, 0) is 35.9 Å². The zero-order chi connectivity index (χ0) is 25.9. The quantitative estimate of drug-likeness (QED) is 0.376. The number of aryl methyl sites for hydroxylation is 1. The van der Waals surface area contributed by atoms with Gasteiger partial charge in [-0.2, -0.15) is 5.10 Å². The molecule has 2 heterocycles. The third-order valence-electron chi connectivity index (χ3n) is 6.22. The smallest absolute Gasteiger partial charge is 0.248 e. The number of carbonyl (C=O) groups is 1. The van der Waals surface area contributed by atoms with Gasteiger partial charge in [-0.15, -0.1) is 0 Å². The number of benzene rings is 2. The Hall–Kier alpha value is -3.40. The maximum absolute atomic E-state index is 12.6. The second-order valence-corrected chi connectivity index (χ2v) is 9.40. The standard InChI is InChI=1S/C28H36N4O5/c1-35-20-27(33)31-16-15-30(21-28(34,22-31)23-37-25-9-3-2-4-10-25)19-24-8-5-11-26(18-24)36-17-7-14-32-13-6-12-29-32/h2-6,8-13,18,34H,7,14-17,19-23H2,1H3/t28-/m1/s1. The van der Waals surface area contributed by atoms with Crippen molar-refractivity contribution in [2.24, 2.45) is 0 Å². The molecular formula is C28H36N4O5. The summed E-state index contributed by atoms with van der Waals surface area (Å²) < 4.78 is 18.8. The van der Waals surface area contributed by atoms with E-state index in [0.29, 0.717) is 38.5 Å². The minimum atomic E-state index is -1.24. The summed E-state index contributed by atoms with van der Waals surface area (Å²) in [7, 11) is 1.50. The number of nitrogens with zero attached hydrogens (tertiary/aromatic N) is 4. The predicted molar refractivity (Wildman–Crippen MR) is 139 cm³/mol. The van der Waals surface area contributed by atoms with E-state index in [1.165, 1.54) is 7.11 Å². The van der Waals surface area contributed by atoms with Crippen LogP contribution in [0.15, 0.2) is 73.1 Å². The van der Waals surface area contributed by atoms with Gasteiger partial charge in [0.15, 0.2) is 0 Å². The zero-order valence-corrected chi connectivity index (χ0v) is 21.4. The monoisotopic (exact) mass is 508 g/mol. The Morgan fingerprint density at radius 3 is 2.65 bits per heavy atom. The van der Waals surface area contributed by atoms with E-state index in [2.05, 4.69) is 16.1 Å². The lowest BCUT2D eigenvalue weighted by Crippen LogP contribution is -2.52. The molecule has 2 aromatic carbocycles. The fraction of sp³-hybridized carbons (Fsp3) is 0.429. The fourth-order valence-corrected chi connectivity index (χ4v) is 4.47. The highest BCUT2D eigenvalue weighted by atomic mass is 16.5. The number of hydrogen-bond acceptors (Lipinski definition) is 7. The van der Waals surface area contributed by atoms with Crippen molar-refractivity contribution in [2.75, 3.05) is 53.1 Å². The van der Waals surface area contributed by atoms with Crippen molar-refractivity contribution < 1.29 is 24.1 Å². The topological polar surface area (TPSA) is 89.3 Å². The van der Waals surface area contributed by atoms with E-state index in [1.54, 1.807) is 11.1 Å². The molecule has 9 nitrogen and oxygen atoms in total. The van der Waals surface area contributed by atoms with Crippen LogP contribution in [0.3, 0.4) is 0 Å². The van der Waals surface area contributed by atoms with E-state index in [9.17, 15) is 9.90 Å². The summed E-state index contributed by atoms with van der Waals surface area (Å²) >= 11 is 0. The summed E-state index contributed by atoms with van der Waals surface area (Å²) in [6, 6.07) is 19.3. The number of aromatic nitrogens is 2. The van der Waals surface area contributed by atoms with Crippen molar-refractivity contribution >= 4 is 5.91 Å². The Kier molecular flexibility index (Phi) is 9.53. The second-order valence-electron chi connectivity index (χ2n) is 9.40. The summed E-state index contributed by atoms with van der Waals surface area (Å²) in [6.07, 6.45) is 4.57. The van der Waals surface area contributed by atoms with Gasteiger partial charge in [0, 0.05) is 58.6 Å². The molecule has 1 aromatic heterocycles. The van der Waals surface area contributed by atoms with Crippen molar-refractivity contribution in [3.8, 4) is 11.5 Å². The average Bonchev–Trinajstić information content (AvgIpc) is 3.36. The summed E-state index contributed by atoms with van der Waals surface area (Å²) in [5, 5.41) is 15.8. The number of aliphatic hydroxyl groups is 1. The van der Waals surface area contributed by atoms with Gasteiger partial charge in [0.25, 0.3) is 0 Å². The van der Waals surface area contributed by atoms with Gasteiger partial charge in [-0.25, -0.2) is 0 Å². The molecule has 198 valence electrons. The van der Waals surface area contributed by atoms with Crippen LogP contribution in [-0.4, -0.2) is 89.3 Å². The summed E-state index contributed by atoms with van der Waals surface area (Å²) in [4.78, 5) is 16.5. The van der Waals surface area contributed by atoms with Crippen molar-refractivity contribution in [3.63, 3.8) is 0 Å². The highest BCUT2D eigenvalue weighted by Gasteiger charge is 2.37. The highest BCUT2D eigenvalue weighted by Crippen LogP contribution is 2.21. The van der Waals surface area contributed by atoms with Gasteiger partial charge >= 0.3 is 0 Å². The first-order valence-electron chi connectivity index (χ1n) is 12.6. The van der Waals surface area contributed by atoms with Crippen LogP contribution in [0.1, 0.15) is 12.0 Å². The minimum Gasteiger partial charge on any atom is -0.494 e. The van der Waals surface area contributed by atoms with E-state index in [0.717, 1.165) is 24.3 Å². The molecule has 1 atom stereocenters. The fourth-order valence-electron chi connectivity index (χ4n) is 4.47. The van der Waals surface area contributed by atoms with Crippen molar-refractivity contribution in [3.05, 3.63) is 78.6 Å². The molecule has 0 radical (unpaired) electrons. The molecule has 1 fully saturated rings. The largest absolute Gasteiger partial charge is 0.494 e. The molecule has 1 aliphatic heterocycles. The van der Waals surface area contributed by atoms with Crippen LogP contribution in [0.5, 0.6) is 11.5 Å². The molecule has 0 saturated carbocycles. The normalized spacial score (nSPS) is 18.4. The third-order valence-corrected chi connectivity index (χ3v) is 6.22. The number of para-hydroxylation sites is 1. The predicted octanol–water partition coefficient (Wildman–Crippen LogP) is 2.45. The number of β-amino-alcohol motifs (C(OH)–C–C–N with tert-alkyl or cyclic N) is 1. The summed E-state index contributed by atoms with van der Waals surface area (Å²) in [6.45, 7) is 3.74. The lowest BCUT2D eigenvalue weighted by molar-refractivity contribution is -0.138. The van der Waals surface area contributed by atoms with Crippen LogP contribution in [0.2, 0.25) is 0 Å². The summed E-state index contributed by atoms with van der Waals surface area (Å²) in [5.41, 5.74) is -0.163. The molecular weight excluding hydrogens is 472 g/mol. The van der Waals surface area contributed by atoms with E-state index in [1.807, 2.05) is 65.5 Å². The molecule has 1 saturated heterocycles. The van der Waals surface area contributed by atoms with Crippen LogP contribution < -0.4 is 9.47 Å². The Morgan fingerprint density at radius 2 is 1.86 bits per heavy atom. The Balaban J connectivity index is 1.38. The number of hydrogen-bond donors (Lipinski definition) is 1. The molecule has 0 unspecified atom stereocenters. The van der Waals surface area contributed by atoms with Gasteiger partial charge in [0.1, 0.15) is 30.3 Å². The van der Waals surface area contributed by atoms with Gasteiger partial charge in [0.05, 0.1) is 13.2 Å². The SMILES string of the molecule is COCC(=O)N1CCN(Cc2cccc(OCCCn3cccn3)c2)C[C@](O)(COc2ccccc2)C1. The second kappa shape index (κ2) is 13.2. The first-order valence-corrected chi connectivity index (χ1v) is 12.6. The number of rotatable bonds is 12. The van der Waals surface area contributed by atoms with E-state index >= 15 is 0 Å². The molecule has 9 heteroatoms.